The number of rotatable bonds is 6. The standard InChI is InChI=1S/C25H21ClN4O2/c26-17-9-11-18(12-10-17)27-22-23(25(32)24(22)31)28-19-6-3-5-16(15-19)20-7-4-8-21(29-20)30-13-1-2-14-30/h3-12,15,27-28H,1-2,13-14H2. The van der Waals surface area contributed by atoms with E-state index in [1.807, 2.05) is 42.5 Å². The predicted octanol–water partition coefficient (Wildman–Crippen LogP) is 5.09. The zero-order valence-corrected chi connectivity index (χ0v) is 18.0. The molecule has 2 N–H and O–H groups in total. The summed E-state index contributed by atoms with van der Waals surface area (Å²) in [5, 5.41) is 6.71. The van der Waals surface area contributed by atoms with E-state index in [1.165, 1.54) is 12.8 Å². The van der Waals surface area contributed by atoms with Crippen LogP contribution in [-0.2, 0) is 0 Å². The lowest BCUT2D eigenvalue weighted by molar-refractivity contribution is 0.939. The Hall–Kier alpha value is -3.64. The van der Waals surface area contributed by atoms with Crippen molar-refractivity contribution in [2.75, 3.05) is 28.6 Å². The van der Waals surface area contributed by atoms with Gasteiger partial charge in [-0.1, -0.05) is 29.8 Å². The van der Waals surface area contributed by atoms with Crippen molar-refractivity contribution in [2.24, 2.45) is 0 Å². The van der Waals surface area contributed by atoms with Crippen molar-refractivity contribution in [2.45, 2.75) is 12.8 Å². The van der Waals surface area contributed by atoms with Crippen molar-refractivity contribution in [1.29, 1.82) is 0 Å². The monoisotopic (exact) mass is 444 g/mol. The van der Waals surface area contributed by atoms with Crippen LogP contribution < -0.4 is 26.4 Å². The third-order valence-electron chi connectivity index (χ3n) is 5.62. The molecule has 4 aromatic rings. The number of anilines is 5. The highest BCUT2D eigenvalue weighted by molar-refractivity contribution is 6.30. The number of pyridine rings is 1. The quantitative estimate of drug-likeness (QED) is 0.404. The highest BCUT2D eigenvalue weighted by Gasteiger charge is 2.21. The lowest BCUT2D eigenvalue weighted by atomic mass is 10.1. The number of nitrogens with one attached hydrogen (secondary N) is 2. The van der Waals surface area contributed by atoms with Gasteiger partial charge in [-0.2, -0.15) is 0 Å². The second-order valence-corrected chi connectivity index (χ2v) is 8.26. The van der Waals surface area contributed by atoms with Gasteiger partial charge in [0.15, 0.2) is 0 Å². The molecule has 1 aliphatic rings. The Morgan fingerprint density at radius 1 is 0.781 bits per heavy atom. The molecule has 6 nitrogen and oxygen atoms in total. The van der Waals surface area contributed by atoms with Gasteiger partial charge >= 0.3 is 0 Å². The largest absolute Gasteiger partial charge is 0.357 e. The van der Waals surface area contributed by atoms with E-state index in [4.69, 9.17) is 16.6 Å². The molecule has 0 saturated carbocycles. The Labute approximate surface area is 190 Å². The third-order valence-corrected chi connectivity index (χ3v) is 5.87. The molecule has 0 amide bonds. The molecule has 2 heterocycles. The van der Waals surface area contributed by atoms with Crippen LogP contribution in [0, 0.1) is 0 Å². The van der Waals surface area contributed by atoms with Crippen LogP contribution in [0.5, 0.6) is 0 Å². The van der Waals surface area contributed by atoms with Gasteiger partial charge in [-0.25, -0.2) is 4.98 Å². The Morgan fingerprint density at radius 3 is 2.16 bits per heavy atom. The van der Waals surface area contributed by atoms with E-state index in [2.05, 4.69) is 15.5 Å². The zero-order chi connectivity index (χ0) is 22.1. The van der Waals surface area contributed by atoms with Crippen LogP contribution in [0.4, 0.5) is 28.6 Å². The topological polar surface area (TPSA) is 74.3 Å². The van der Waals surface area contributed by atoms with Crippen molar-refractivity contribution in [3.63, 3.8) is 0 Å². The first-order chi connectivity index (χ1) is 15.6. The maximum atomic E-state index is 12.2. The molecular formula is C25H21ClN4O2. The Morgan fingerprint density at radius 2 is 1.44 bits per heavy atom. The van der Waals surface area contributed by atoms with Gasteiger partial charge in [0.1, 0.15) is 17.2 Å². The average molecular weight is 445 g/mol. The summed E-state index contributed by atoms with van der Waals surface area (Å²) in [5.74, 6) is 0.982. The summed E-state index contributed by atoms with van der Waals surface area (Å²) < 4.78 is 0. The van der Waals surface area contributed by atoms with Crippen LogP contribution in [-0.4, -0.2) is 18.1 Å². The number of benzene rings is 2. The molecule has 7 heteroatoms. The fraction of sp³-hybridized carbons (Fsp3) is 0.160. The lowest BCUT2D eigenvalue weighted by Gasteiger charge is -2.17. The van der Waals surface area contributed by atoms with Crippen molar-refractivity contribution in [1.82, 2.24) is 4.98 Å². The van der Waals surface area contributed by atoms with Crippen LogP contribution >= 0.6 is 11.6 Å². The Bertz CT molecular complexity index is 1340. The molecule has 0 radical (unpaired) electrons. The molecule has 0 bridgehead atoms. The van der Waals surface area contributed by atoms with Gasteiger partial charge in [0, 0.05) is 35.1 Å². The van der Waals surface area contributed by atoms with E-state index >= 15 is 0 Å². The second kappa shape index (κ2) is 8.48. The van der Waals surface area contributed by atoms with Crippen LogP contribution in [0.15, 0.2) is 76.3 Å². The fourth-order valence-corrected chi connectivity index (χ4v) is 4.04. The van der Waals surface area contributed by atoms with Crippen LogP contribution in [0.25, 0.3) is 11.3 Å². The maximum Gasteiger partial charge on any atom is 0.253 e. The Kier molecular flexibility index (Phi) is 5.37. The van der Waals surface area contributed by atoms with Gasteiger partial charge in [0.05, 0.1) is 5.69 Å². The highest BCUT2D eigenvalue weighted by atomic mass is 35.5. The first-order valence-corrected chi connectivity index (χ1v) is 10.9. The fourth-order valence-electron chi connectivity index (χ4n) is 3.91. The number of nitrogens with zero attached hydrogens (tertiary/aromatic N) is 2. The van der Waals surface area contributed by atoms with Crippen LogP contribution in [0.3, 0.4) is 0 Å². The van der Waals surface area contributed by atoms with Crippen molar-refractivity contribution >= 4 is 40.2 Å². The van der Waals surface area contributed by atoms with Gasteiger partial charge in [0.25, 0.3) is 10.9 Å². The average Bonchev–Trinajstić information content (AvgIpc) is 3.38. The van der Waals surface area contributed by atoms with Crippen molar-refractivity contribution < 1.29 is 0 Å². The smallest absolute Gasteiger partial charge is 0.253 e. The normalized spacial score (nSPS) is 13.5. The molecule has 0 spiro atoms. The third kappa shape index (κ3) is 3.97. The van der Waals surface area contributed by atoms with Crippen molar-refractivity contribution in [3.05, 3.63) is 92.2 Å². The summed E-state index contributed by atoms with van der Waals surface area (Å²) in [5.41, 5.74) is 2.60. The molecule has 1 saturated heterocycles. The van der Waals surface area contributed by atoms with Gasteiger partial charge in [0.2, 0.25) is 0 Å². The predicted molar refractivity (Wildman–Crippen MR) is 130 cm³/mol. The zero-order valence-electron chi connectivity index (χ0n) is 17.3. The van der Waals surface area contributed by atoms with E-state index < -0.39 is 10.9 Å². The van der Waals surface area contributed by atoms with Gasteiger partial charge in [-0.05, 0) is 61.4 Å². The van der Waals surface area contributed by atoms with E-state index in [0.29, 0.717) is 16.4 Å². The summed E-state index contributed by atoms with van der Waals surface area (Å²) in [6, 6.07) is 20.6. The Balaban J connectivity index is 1.39. The molecule has 32 heavy (non-hydrogen) atoms. The van der Waals surface area contributed by atoms with E-state index in [-0.39, 0.29) is 11.4 Å². The molecule has 0 atom stereocenters. The summed E-state index contributed by atoms with van der Waals surface area (Å²) in [7, 11) is 0. The lowest BCUT2D eigenvalue weighted by Crippen LogP contribution is -2.35. The summed E-state index contributed by atoms with van der Waals surface area (Å²) in [6.07, 6.45) is 2.39. The second-order valence-electron chi connectivity index (χ2n) is 7.82. The van der Waals surface area contributed by atoms with Gasteiger partial charge in [-0.3, -0.25) is 9.59 Å². The molecular weight excluding hydrogens is 424 g/mol. The molecule has 1 aromatic heterocycles. The molecule has 160 valence electrons. The van der Waals surface area contributed by atoms with Crippen molar-refractivity contribution in [3.8, 4) is 11.3 Å². The molecule has 1 fully saturated rings. The summed E-state index contributed by atoms with van der Waals surface area (Å²) in [6.45, 7) is 2.07. The molecule has 3 aromatic carbocycles. The van der Waals surface area contributed by atoms with Gasteiger partial charge < -0.3 is 15.5 Å². The van der Waals surface area contributed by atoms with Crippen LogP contribution in [0.1, 0.15) is 12.8 Å². The number of aromatic nitrogens is 1. The number of halogens is 1. The SMILES string of the molecule is O=c1c(Nc2ccc(Cl)cc2)c(Nc2cccc(-c3cccc(N4CCCC4)n3)c2)c1=O. The molecule has 5 rings (SSSR count). The van der Waals surface area contributed by atoms with Crippen LogP contribution in [0.2, 0.25) is 5.02 Å². The molecule has 0 unspecified atom stereocenters. The number of hydrogen-bond acceptors (Lipinski definition) is 6. The highest BCUT2D eigenvalue weighted by Crippen LogP contribution is 2.28. The minimum atomic E-state index is -0.543. The minimum Gasteiger partial charge on any atom is -0.357 e. The van der Waals surface area contributed by atoms with E-state index in [0.717, 1.165) is 30.2 Å². The molecule has 0 aliphatic carbocycles. The van der Waals surface area contributed by atoms with E-state index in [9.17, 15) is 9.59 Å². The van der Waals surface area contributed by atoms with E-state index in [1.54, 1.807) is 24.3 Å². The molecule has 1 aliphatic heterocycles. The first-order valence-electron chi connectivity index (χ1n) is 10.5. The first kappa shape index (κ1) is 20.3. The minimum absolute atomic E-state index is 0.247. The maximum absolute atomic E-state index is 12.2. The van der Waals surface area contributed by atoms with Gasteiger partial charge in [-0.15, -0.1) is 0 Å². The summed E-state index contributed by atoms with van der Waals surface area (Å²) >= 11 is 5.91. The summed E-state index contributed by atoms with van der Waals surface area (Å²) in [4.78, 5) is 31.5. The number of hydrogen-bond donors (Lipinski definition) is 2.